The van der Waals surface area contributed by atoms with Crippen molar-refractivity contribution in [1.82, 2.24) is 4.90 Å². The van der Waals surface area contributed by atoms with Crippen LogP contribution >= 0.6 is 0 Å². The lowest BCUT2D eigenvalue weighted by Crippen LogP contribution is -2.52. The summed E-state index contributed by atoms with van der Waals surface area (Å²) in [5.41, 5.74) is 3.41. The molecule has 0 amide bonds. The summed E-state index contributed by atoms with van der Waals surface area (Å²) in [6.07, 6.45) is 1.49. The van der Waals surface area contributed by atoms with Crippen molar-refractivity contribution in [1.29, 1.82) is 0 Å². The van der Waals surface area contributed by atoms with Gasteiger partial charge in [0.1, 0.15) is 5.75 Å². The standard InChI is InChI=1S/C27H35F3N2O/c1-3-4-5-14-31-15-13-26(32-16-12-21-17-20(2)6-11-25(21)32)22(18-31)19-33-24-9-7-23(8-10-24)27(28,29)30/h6-11,17,22,26H,3-5,12-16,18-19H2,1-2H3. The number of piperidine rings is 1. The van der Waals surface area contributed by atoms with Gasteiger partial charge in [-0.1, -0.05) is 37.5 Å². The van der Waals surface area contributed by atoms with Crippen LogP contribution in [0.5, 0.6) is 5.75 Å². The van der Waals surface area contributed by atoms with Gasteiger partial charge < -0.3 is 14.5 Å². The molecule has 1 saturated heterocycles. The van der Waals surface area contributed by atoms with Crippen LogP contribution < -0.4 is 9.64 Å². The minimum Gasteiger partial charge on any atom is -0.493 e. The minimum atomic E-state index is -4.33. The van der Waals surface area contributed by atoms with Crippen molar-refractivity contribution in [2.24, 2.45) is 5.92 Å². The Hall–Kier alpha value is -2.21. The van der Waals surface area contributed by atoms with Crippen molar-refractivity contribution in [2.45, 2.75) is 58.2 Å². The van der Waals surface area contributed by atoms with Crippen molar-refractivity contribution in [3.63, 3.8) is 0 Å². The average Bonchev–Trinajstić information content (AvgIpc) is 3.20. The Labute approximate surface area is 195 Å². The number of hydrogen-bond acceptors (Lipinski definition) is 3. The average molecular weight is 461 g/mol. The van der Waals surface area contributed by atoms with E-state index in [1.54, 1.807) is 0 Å². The topological polar surface area (TPSA) is 15.7 Å². The van der Waals surface area contributed by atoms with Gasteiger partial charge in [0.2, 0.25) is 0 Å². The molecule has 2 aliphatic heterocycles. The van der Waals surface area contributed by atoms with Gasteiger partial charge in [-0.05, 0) is 68.6 Å². The van der Waals surface area contributed by atoms with Crippen molar-refractivity contribution in [3.8, 4) is 5.75 Å². The maximum absolute atomic E-state index is 12.9. The number of fused-ring (bicyclic) bond motifs is 1. The van der Waals surface area contributed by atoms with E-state index in [9.17, 15) is 13.2 Å². The maximum atomic E-state index is 12.9. The number of rotatable bonds is 8. The van der Waals surface area contributed by atoms with E-state index in [0.717, 1.165) is 51.2 Å². The van der Waals surface area contributed by atoms with E-state index in [4.69, 9.17) is 4.74 Å². The van der Waals surface area contributed by atoms with Crippen LogP contribution in [0.15, 0.2) is 42.5 Å². The van der Waals surface area contributed by atoms with Crippen LogP contribution in [-0.2, 0) is 12.6 Å². The summed E-state index contributed by atoms with van der Waals surface area (Å²) in [6, 6.07) is 12.2. The fraction of sp³-hybridized carbons (Fsp3) is 0.556. The van der Waals surface area contributed by atoms with Crippen LogP contribution in [0.4, 0.5) is 18.9 Å². The highest BCUT2D eigenvalue weighted by molar-refractivity contribution is 5.60. The lowest BCUT2D eigenvalue weighted by molar-refractivity contribution is -0.137. The Morgan fingerprint density at radius 1 is 1.03 bits per heavy atom. The molecule has 0 spiro atoms. The highest BCUT2D eigenvalue weighted by Crippen LogP contribution is 2.36. The molecule has 33 heavy (non-hydrogen) atoms. The summed E-state index contributed by atoms with van der Waals surface area (Å²) in [5.74, 6) is 0.803. The first-order valence-electron chi connectivity index (χ1n) is 12.2. The summed E-state index contributed by atoms with van der Waals surface area (Å²) in [6.45, 7) is 9.05. The van der Waals surface area contributed by atoms with Crippen LogP contribution in [0.3, 0.4) is 0 Å². The third-order valence-corrected chi connectivity index (χ3v) is 7.07. The van der Waals surface area contributed by atoms with E-state index in [0.29, 0.717) is 24.3 Å². The molecule has 3 nitrogen and oxygen atoms in total. The normalized spacial score (nSPS) is 21.3. The van der Waals surface area contributed by atoms with Crippen molar-refractivity contribution in [2.75, 3.05) is 37.7 Å². The van der Waals surface area contributed by atoms with Gasteiger partial charge in [0.05, 0.1) is 12.2 Å². The molecule has 1 fully saturated rings. The number of unbranched alkanes of at least 4 members (excludes halogenated alkanes) is 2. The molecule has 2 aromatic carbocycles. The van der Waals surface area contributed by atoms with E-state index in [1.165, 1.54) is 48.2 Å². The molecule has 0 radical (unpaired) electrons. The molecule has 0 saturated carbocycles. The number of anilines is 1. The molecule has 2 aliphatic rings. The predicted molar refractivity (Wildman–Crippen MR) is 127 cm³/mol. The Kier molecular flexibility index (Phi) is 7.52. The highest BCUT2D eigenvalue weighted by Gasteiger charge is 2.36. The Balaban J connectivity index is 1.46. The van der Waals surface area contributed by atoms with E-state index >= 15 is 0 Å². The fourth-order valence-electron chi connectivity index (χ4n) is 5.30. The molecular formula is C27H35F3N2O. The SMILES string of the molecule is CCCCCN1CCC(N2CCc3cc(C)ccc32)C(COc2ccc(C(F)(F)F)cc2)C1. The van der Waals surface area contributed by atoms with Crippen LogP contribution in [-0.4, -0.2) is 43.7 Å². The Morgan fingerprint density at radius 3 is 2.55 bits per heavy atom. The Bertz CT molecular complexity index is 913. The van der Waals surface area contributed by atoms with Gasteiger partial charge in [-0.2, -0.15) is 13.2 Å². The van der Waals surface area contributed by atoms with E-state index in [1.807, 2.05) is 0 Å². The molecule has 4 rings (SSSR count). The number of hydrogen-bond donors (Lipinski definition) is 0. The van der Waals surface area contributed by atoms with Gasteiger partial charge in [-0.3, -0.25) is 0 Å². The number of alkyl halides is 3. The van der Waals surface area contributed by atoms with Gasteiger partial charge in [0, 0.05) is 37.3 Å². The summed E-state index contributed by atoms with van der Waals surface area (Å²) < 4.78 is 44.7. The molecule has 180 valence electrons. The van der Waals surface area contributed by atoms with Crippen molar-refractivity contribution < 1.29 is 17.9 Å². The second-order valence-electron chi connectivity index (χ2n) is 9.53. The zero-order chi connectivity index (χ0) is 23.4. The Morgan fingerprint density at radius 2 is 1.82 bits per heavy atom. The molecule has 2 aromatic rings. The first kappa shape index (κ1) is 23.9. The molecule has 2 atom stereocenters. The molecule has 2 heterocycles. The molecule has 0 aliphatic carbocycles. The van der Waals surface area contributed by atoms with Gasteiger partial charge in [0.15, 0.2) is 0 Å². The van der Waals surface area contributed by atoms with Gasteiger partial charge in [0.25, 0.3) is 0 Å². The first-order valence-corrected chi connectivity index (χ1v) is 12.2. The van der Waals surface area contributed by atoms with Gasteiger partial charge in [-0.15, -0.1) is 0 Å². The molecule has 0 bridgehead atoms. The number of benzene rings is 2. The lowest BCUT2D eigenvalue weighted by Gasteiger charge is -2.43. The lowest BCUT2D eigenvalue weighted by atomic mass is 9.90. The highest BCUT2D eigenvalue weighted by atomic mass is 19.4. The van der Waals surface area contributed by atoms with Crippen molar-refractivity contribution in [3.05, 3.63) is 59.2 Å². The summed E-state index contributed by atoms with van der Waals surface area (Å²) in [4.78, 5) is 5.10. The molecule has 0 N–H and O–H groups in total. The number of aryl methyl sites for hydroxylation is 1. The molecule has 6 heteroatoms. The maximum Gasteiger partial charge on any atom is 0.416 e. The number of halogens is 3. The zero-order valence-electron chi connectivity index (χ0n) is 19.7. The number of likely N-dealkylation sites (tertiary alicyclic amines) is 1. The minimum absolute atomic E-state index is 0.301. The fourth-order valence-corrected chi connectivity index (χ4v) is 5.30. The first-order chi connectivity index (χ1) is 15.8. The molecule has 0 aromatic heterocycles. The monoisotopic (exact) mass is 460 g/mol. The second kappa shape index (κ2) is 10.4. The van der Waals surface area contributed by atoms with Gasteiger partial charge in [-0.25, -0.2) is 0 Å². The predicted octanol–water partition coefficient (Wildman–Crippen LogP) is 6.34. The van der Waals surface area contributed by atoms with Crippen molar-refractivity contribution >= 4 is 5.69 Å². The van der Waals surface area contributed by atoms with Crippen LogP contribution in [0.1, 0.15) is 49.3 Å². The van der Waals surface area contributed by atoms with E-state index < -0.39 is 11.7 Å². The third-order valence-electron chi connectivity index (χ3n) is 7.07. The van der Waals surface area contributed by atoms with Gasteiger partial charge >= 0.3 is 6.18 Å². The largest absolute Gasteiger partial charge is 0.493 e. The number of nitrogens with zero attached hydrogens (tertiary/aromatic N) is 2. The summed E-state index contributed by atoms with van der Waals surface area (Å²) >= 11 is 0. The quantitative estimate of drug-likeness (QED) is 0.428. The summed E-state index contributed by atoms with van der Waals surface area (Å²) in [7, 11) is 0. The second-order valence-corrected chi connectivity index (χ2v) is 9.53. The molecule has 2 unspecified atom stereocenters. The molecular weight excluding hydrogens is 425 g/mol. The third kappa shape index (κ3) is 5.84. The van der Waals surface area contributed by atoms with Crippen LogP contribution in [0.25, 0.3) is 0 Å². The smallest absolute Gasteiger partial charge is 0.416 e. The zero-order valence-corrected chi connectivity index (χ0v) is 19.7. The van der Waals surface area contributed by atoms with E-state index in [2.05, 4.69) is 41.8 Å². The van der Waals surface area contributed by atoms with Crippen LogP contribution in [0, 0.1) is 12.8 Å². The summed E-state index contributed by atoms with van der Waals surface area (Å²) in [5, 5.41) is 0. The number of ether oxygens (including phenoxy) is 1. The van der Waals surface area contributed by atoms with Crippen LogP contribution in [0.2, 0.25) is 0 Å². The van der Waals surface area contributed by atoms with E-state index in [-0.39, 0.29) is 0 Å².